The van der Waals surface area contributed by atoms with Crippen molar-refractivity contribution in [3.63, 3.8) is 0 Å². The first-order valence-electron chi connectivity index (χ1n) is 33.5. The molecular weight excluding hydrogens is 1010 g/mol. The van der Waals surface area contributed by atoms with Gasteiger partial charge in [-0.25, -0.2) is 0 Å². The minimum atomic E-state index is -0.813. The van der Waals surface area contributed by atoms with Crippen LogP contribution in [-0.4, -0.2) is 37.2 Å². The minimum absolute atomic E-state index is 0.103. The number of carbonyl (C=O) groups is 3. The lowest BCUT2D eigenvalue weighted by Gasteiger charge is -2.18. The van der Waals surface area contributed by atoms with Gasteiger partial charge >= 0.3 is 17.9 Å². The fourth-order valence-electron chi connectivity index (χ4n) is 8.85. The maximum absolute atomic E-state index is 12.9. The molecular formula is C76H122O6. The average Bonchev–Trinajstić information content (AvgIpc) is 3.47. The summed E-state index contributed by atoms with van der Waals surface area (Å²) in [6.45, 7) is 6.37. The highest BCUT2D eigenvalue weighted by molar-refractivity contribution is 5.71. The number of allylic oxidation sites excluding steroid dienone is 26. The van der Waals surface area contributed by atoms with Gasteiger partial charge in [-0.2, -0.15) is 0 Å². The fourth-order valence-corrected chi connectivity index (χ4v) is 8.85. The summed E-state index contributed by atoms with van der Waals surface area (Å²) in [6.07, 6.45) is 99.7. The predicted octanol–water partition coefficient (Wildman–Crippen LogP) is 23.3. The first-order valence-corrected chi connectivity index (χ1v) is 33.5. The number of unbranched alkanes of at least 4 members (excludes halogenated alkanes) is 22. The second kappa shape index (κ2) is 68.5. The van der Waals surface area contributed by atoms with Gasteiger partial charge < -0.3 is 14.2 Å². The molecule has 0 aromatic carbocycles. The molecule has 0 N–H and O–H groups in total. The molecule has 0 aromatic heterocycles. The Labute approximate surface area is 505 Å². The zero-order valence-electron chi connectivity index (χ0n) is 52.9. The maximum Gasteiger partial charge on any atom is 0.306 e. The van der Waals surface area contributed by atoms with Crippen molar-refractivity contribution in [3.05, 3.63) is 158 Å². The topological polar surface area (TPSA) is 78.9 Å². The van der Waals surface area contributed by atoms with Gasteiger partial charge in [0.15, 0.2) is 6.10 Å². The second-order valence-electron chi connectivity index (χ2n) is 21.6. The number of esters is 3. The summed E-state index contributed by atoms with van der Waals surface area (Å²) in [6, 6.07) is 0. The van der Waals surface area contributed by atoms with Gasteiger partial charge in [0.05, 0.1) is 0 Å². The van der Waals surface area contributed by atoms with Crippen LogP contribution in [0.4, 0.5) is 0 Å². The summed E-state index contributed by atoms with van der Waals surface area (Å²) in [5, 5.41) is 0. The zero-order chi connectivity index (χ0) is 59.2. The van der Waals surface area contributed by atoms with E-state index in [2.05, 4.69) is 179 Å². The van der Waals surface area contributed by atoms with Gasteiger partial charge in [-0.3, -0.25) is 14.4 Å². The highest BCUT2D eigenvalue weighted by atomic mass is 16.6. The molecule has 0 radical (unpaired) electrons. The predicted molar refractivity (Wildman–Crippen MR) is 357 cm³/mol. The van der Waals surface area contributed by atoms with E-state index in [0.717, 1.165) is 135 Å². The van der Waals surface area contributed by atoms with Crippen molar-refractivity contribution < 1.29 is 28.6 Å². The van der Waals surface area contributed by atoms with Crippen LogP contribution < -0.4 is 0 Å². The lowest BCUT2D eigenvalue weighted by atomic mass is 10.0. The van der Waals surface area contributed by atoms with Crippen molar-refractivity contribution in [3.8, 4) is 0 Å². The fraction of sp³-hybridized carbons (Fsp3) is 0.618. The number of hydrogen-bond acceptors (Lipinski definition) is 6. The van der Waals surface area contributed by atoms with Gasteiger partial charge in [0, 0.05) is 19.3 Å². The molecule has 0 saturated heterocycles. The lowest BCUT2D eigenvalue weighted by Crippen LogP contribution is -2.30. The Morgan fingerprint density at radius 3 is 0.793 bits per heavy atom. The minimum Gasteiger partial charge on any atom is -0.462 e. The highest BCUT2D eigenvalue weighted by Crippen LogP contribution is 2.16. The van der Waals surface area contributed by atoms with Crippen molar-refractivity contribution in [2.75, 3.05) is 13.2 Å². The van der Waals surface area contributed by atoms with Crippen LogP contribution in [0.3, 0.4) is 0 Å². The lowest BCUT2D eigenvalue weighted by molar-refractivity contribution is -0.167. The molecule has 0 bridgehead atoms. The molecule has 0 amide bonds. The van der Waals surface area contributed by atoms with Gasteiger partial charge in [0.1, 0.15) is 13.2 Å². The van der Waals surface area contributed by atoms with Gasteiger partial charge in [0.25, 0.3) is 0 Å². The molecule has 0 heterocycles. The molecule has 1 atom stereocenters. The Morgan fingerprint density at radius 1 is 0.256 bits per heavy atom. The van der Waals surface area contributed by atoms with Crippen LogP contribution >= 0.6 is 0 Å². The summed E-state index contributed by atoms with van der Waals surface area (Å²) >= 11 is 0. The SMILES string of the molecule is CC/C=C\C/C=C\C/C=C\C/C=C\C/C=C\C/C=C\C/C=C\C/C=C\C/C=C\CCCC(=O)OCC(COC(=O)CCCCCCCCCCCCCCCC)OC(=O)CCCCCCCCCC/C=C\C/C=C\C/C=C\C/C=C\CC. The second-order valence-corrected chi connectivity index (χ2v) is 21.6. The summed E-state index contributed by atoms with van der Waals surface area (Å²) in [7, 11) is 0. The van der Waals surface area contributed by atoms with E-state index in [-0.39, 0.29) is 37.5 Å². The molecule has 6 heteroatoms. The summed E-state index contributed by atoms with van der Waals surface area (Å²) in [5.41, 5.74) is 0. The van der Waals surface area contributed by atoms with E-state index in [1.54, 1.807) is 0 Å². The summed E-state index contributed by atoms with van der Waals surface area (Å²) in [5.74, 6) is -0.972. The molecule has 82 heavy (non-hydrogen) atoms. The molecule has 0 aliphatic heterocycles. The number of carbonyl (C=O) groups excluding carboxylic acids is 3. The van der Waals surface area contributed by atoms with E-state index in [4.69, 9.17) is 14.2 Å². The Kier molecular flexibility index (Phi) is 64.4. The Balaban J connectivity index is 4.47. The van der Waals surface area contributed by atoms with Crippen LogP contribution in [0.5, 0.6) is 0 Å². The van der Waals surface area contributed by atoms with Crippen LogP contribution in [0, 0.1) is 0 Å². The standard InChI is InChI=1S/C76H122O6/c1-4-7-10-13-16-19-22-25-28-30-32-34-35-36-37-38-39-40-41-43-44-46-48-51-54-57-60-63-66-69-75(78)81-72-73(71-80-74(77)68-65-62-59-56-53-50-27-24-21-18-15-12-9-6-3)82-76(79)70-67-64-61-58-55-52-49-47-45-42-33-31-29-26-23-20-17-14-11-8-5-2/h7-8,10-11,16-17,19-20,25-26,28-29,32-34,36-37,39-40,42-44,48,51,57,60,73H,4-6,9,12-15,18,21-24,27,30-31,35,38,41,45-47,49-50,52-56,58-59,61-72H2,1-3H3/b10-7-,11-8-,19-16-,20-17-,28-25-,29-26-,34-32-,37-36-,40-39-,42-33-,44-43-,51-48-,60-57-. The van der Waals surface area contributed by atoms with E-state index in [1.807, 2.05) is 0 Å². The van der Waals surface area contributed by atoms with Crippen molar-refractivity contribution in [2.24, 2.45) is 0 Å². The Bertz CT molecular complexity index is 1830. The first kappa shape index (κ1) is 77.0. The van der Waals surface area contributed by atoms with Crippen LogP contribution in [-0.2, 0) is 28.6 Å². The Hall–Kier alpha value is -4.97. The number of hydrogen-bond donors (Lipinski definition) is 0. The molecule has 0 rings (SSSR count). The number of ether oxygens (including phenoxy) is 3. The van der Waals surface area contributed by atoms with E-state index in [0.29, 0.717) is 19.3 Å². The van der Waals surface area contributed by atoms with Crippen LogP contribution in [0.1, 0.15) is 284 Å². The average molecular weight is 1130 g/mol. The van der Waals surface area contributed by atoms with Crippen molar-refractivity contribution in [1.29, 1.82) is 0 Å². The molecule has 1 unspecified atom stereocenters. The smallest absolute Gasteiger partial charge is 0.306 e. The van der Waals surface area contributed by atoms with Crippen LogP contribution in [0.25, 0.3) is 0 Å². The van der Waals surface area contributed by atoms with Crippen molar-refractivity contribution in [2.45, 2.75) is 290 Å². The quantitative estimate of drug-likeness (QED) is 0.0261. The van der Waals surface area contributed by atoms with Crippen LogP contribution in [0.15, 0.2) is 158 Å². The maximum atomic E-state index is 12.9. The van der Waals surface area contributed by atoms with E-state index in [9.17, 15) is 14.4 Å². The Morgan fingerprint density at radius 2 is 0.488 bits per heavy atom. The molecule has 0 aliphatic carbocycles. The van der Waals surface area contributed by atoms with E-state index < -0.39 is 6.10 Å². The molecule has 0 spiro atoms. The van der Waals surface area contributed by atoms with Gasteiger partial charge in [-0.15, -0.1) is 0 Å². The zero-order valence-corrected chi connectivity index (χ0v) is 52.9. The van der Waals surface area contributed by atoms with Gasteiger partial charge in [0.2, 0.25) is 0 Å². The van der Waals surface area contributed by atoms with E-state index in [1.165, 1.54) is 103 Å². The molecule has 0 saturated carbocycles. The third-order valence-electron chi connectivity index (χ3n) is 13.8. The first-order chi connectivity index (χ1) is 40.5. The van der Waals surface area contributed by atoms with Gasteiger partial charge in [-0.05, 0) is 122 Å². The molecule has 0 fully saturated rings. The largest absolute Gasteiger partial charge is 0.462 e. The van der Waals surface area contributed by atoms with Crippen molar-refractivity contribution >= 4 is 17.9 Å². The van der Waals surface area contributed by atoms with Gasteiger partial charge in [-0.1, -0.05) is 301 Å². The summed E-state index contributed by atoms with van der Waals surface area (Å²) in [4.78, 5) is 38.4. The third kappa shape index (κ3) is 65.8. The number of rotatable bonds is 59. The molecule has 6 nitrogen and oxygen atoms in total. The molecule has 0 aromatic rings. The highest BCUT2D eigenvalue weighted by Gasteiger charge is 2.19. The normalized spacial score (nSPS) is 13.2. The third-order valence-corrected chi connectivity index (χ3v) is 13.8. The van der Waals surface area contributed by atoms with Crippen molar-refractivity contribution in [1.82, 2.24) is 0 Å². The summed E-state index contributed by atoms with van der Waals surface area (Å²) < 4.78 is 16.9. The molecule has 462 valence electrons. The monoisotopic (exact) mass is 1130 g/mol. The molecule has 0 aliphatic rings. The van der Waals surface area contributed by atoms with Crippen LogP contribution in [0.2, 0.25) is 0 Å². The van der Waals surface area contributed by atoms with E-state index >= 15 is 0 Å².